The zero-order valence-electron chi connectivity index (χ0n) is 16.4. The maximum absolute atomic E-state index is 12.7. The Kier molecular flexibility index (Phi) is 6.76. The minimum Gasteiger partial charge on any atom is -0.325 e. The number of benzene rings is 2. The van der Waals surface area contributed by atoms with Crippen LogP contribution in [0, 0.1) is 0 Å². The second-order valence-corrected chi connectivity index (χ2v) is 6.84. The summed E-state index contributed by atoms with van der Waals surface area (Å²) in [6, 6.07) is 23.1. The van der Waals surface area contributed by atoms with Crippen LogP contribution in [0.25, 0.3) is 0 Å². The molecule has 3 aromatic rings. The van der Waals surface area contributed by atoms with Crippen molar-refractivity contribution in [2.45, 2.75) is 6.42 Å². The Morgan fingerprint density at radius 1 is 0.893 bits per heavy atom. The van der Waals surface area contributed by atoms with Crippen LogP contribution in [0.2, 0.25) is 0 Å². The fourth-order valence-corrected chi connectivity index (χ4v) is 3.00. The zero-order chi connectivity index (χ0) is 19.8. The standard InChI is InChI=1S/C23H26N4O/c1-26(2)17-10-18-27(20-13-7-4-8-14-20)22-21(15-9-16-24-22)25-23(28)19-11-5-3-6-12-19/h3-9,11-16H,10,17-18H2,1-2H3,(H,25,28). The third-order valence-corrected chi connectivity index (χ3v) is 4.38. The molecule has 1 heterocycles. The Labute approximate surface area is 166 Å². The van der Waals surface area contributed by atoms with Crippen LogP contribution in [0.4, 0.5) is 17.2 Å². The normalized spacial score (nSPS) is 10.7. The van der Waals surface area contributed by atoms with Crippen molar-refractivity contribution in [2.75, 3.05) is 37.4 Å². The molecule has 0 spiro atoms. The summed E-state index contributed by atoms with van der Waals surface area (Å²) in [5.41, 5.74) is 2.37. The first kappa shape index (κ1) is 19.6. The van der Waals surface area contributed by atoms with Crippen molar-refractivity contribution in [1.82, 2.24) is 9.88 Å². The molecule has 1 amide bonds. The Bertz CT molecular complexity index is 881. The highest BCUT2D eigenvalue weighted by Crippen LogP contribution is 2.30. The number of hydrogen-bond donors (Lipinski definition) is 1. The van der Waals surface area contributed by atoms with E-state index in [0.29, 0.717) is 11.3 Å². The van der Waals surface area contributed by atoms with Gasteiger partial charge in [0, 0.05) is 24.0 Å². The van der Waals surface area contributed by atoms with E-state index >= 15 is 0 Å². The van der Waals surface area contributed by atoms with Crippen molar-refractivity contribution >= 4 is 23.1 Å². The zero-order valence-corrected chi connectivity index (χ0v) is 16.4. The van der Waals surface area contributed by atoms with Crippen LogP contribution in [0.15, 0.2) is 79.0 Å². The number of carbonyl (C=O) groups is 1. The van der Waals surface area contributed by atoms with E-state index in [1.165, 1.54) is 0 Å². The van der Waals surface area contributed by atoms with Crippen molar-refractivity contribution < 1.29 is 4.79 Å². The lowest BCUT2D eigenvalue weighted by Crippen LogP contribution is -2.25. The van der Waals surface area contributed by atoms with Crippen LogP contribution < -0.4 is 10.2 Å². The molecule has 0 atom stereocenters. The molecule has 5 heteroatoms. The molecule has 0 radical (unpaired) electrons. The second kappa shape index (κ2) is 9.67. The van der Waals surface area contributed by atoms with Crippen LogP contribution in [0.5, 0.6) is 0 Å². The number of para-hydroxylation sites is 1. The molecule has 3 rings (SSSR count). The minimum absolute atomic E-state index is 0.142. The first-order chi connectivity index (χ1) is 13.6. The fraction of sp³-hybridized carbons (Fsp3) is 0.217. The van der Waals surface area contributed by atoms with Crippen LogP contribution in [0.1, 0.15) is 16.8 Å². The van der Waals surface area contributed by atoms with Gasteiger partial charge < -0.3 is 15.1 Å². The van der Waals surface area contributed by atoms with Gasteiger partial charge in [0.05, 0.1) is 5.69 Å². The van der Waals surface area contributed by atoms with Crippen molar-refractivity contribution in [2.24, 2.45) is 0 Å². The van der Waals surface area contributed by atoms with Crippen LogP contribution in [-0.4, -0.2) is 43.0 Å². The highest BCUT2D eigenvalue weighted by atomic mass is 16.1. The van der Waals surface area contributed by atoms with Crippen molar-refractivity contribution in [3.8, 4) is 0 Å². The van der Waals surface area contributed by atoms with Crippen molar-refractivity contribution in [3.63, 3.8) is 0 Å². The largest absolute Gasteiger partial charge is 0.325 e. The number of amides is 1. The van der Waals surface area contributed by atoms with Crippen LogP contribution >= 0.6 is 0 Å². The molecular weight excluding hydrogens is 348 g/mol. The van der Waals surface area contributed by atoms with Gasteiger partial charge in [-0.1, -0.05) is 36.4 Å². The molecule has 1 aromatic heterocycles. The average Bonchev–Trinajstić information content (AvgIpc) is 2.73. The second-order valence-electron chi connectivity index (χ2n) is 6.84. The Balaban J connectivity index is 1.88. The summed E-state index contributed by atoms with van der Waals surface area (Å²) < 4.78 is 0. The van der Waals surface area contributed by atoms with E-state index in [1.54, 1.807) is 18.3 Å². The Hall–Kier alpha value is -3.18. The van der Waals surface area contributed by atoms with Gasteiger partial charge in [0.15, 0.2) is 5.82 Å². The van der Waals surface area contributed by atoms with Gasteiger partial charge in [0.25, 0.3) is 5.91 Å². The number of carbonyl (C=O) groups excluding carboxylic acids is 1. The Morgan fingerprint density at radius 2 is 1.57 bits per heavy atom. The van der Waals surface area contributed by atoms with Gasteiger partial charge in [-0.15, -0.1) is 0 Å². The minimum atomic E-state index is -0.142. The summed E-state index contributed by atoms with van der Waals surface area (Å²) >= 11 is 0. The molecular formula is C23H26N4O. The SMILES string of the molecule is CN(C)CCCN(c1ccccc1)c1ncccc1NC(=O)c1ccccc1. The lowest BCUT2D eigenvalue weighted by molar-refractivity contribution is 0.102. The fourth-order valence-electron chi connectivity index (χ4n) is 3.00. The third kappa shape index (κ3) is 5.18. The van der Waals surface area contributed by atoms with Gasteiger partial charge in [0.2, 0.25) is 0 Å². The van der Waals surface area contributed by atoms with Crippen molar-refractivity contribution in [3.05, 3.63) is 84.6 Å². The molecule has 5 nitrogen and oxygen atoms in total. The summed E-state index contributed by atoms with van der Waals surface area (Å²) in [4.78, 5) is 21.6. The smallest absolute Gasteiger partial charge is 0.255 e. The number of nitrogens with one attached hydrogen (secondary N) is 1. The predicted octanol–water partition coefficient (Wildman–Crippen LogP) is 4.42. The molecule has 0 fully saturated rings. The molecule has 0 aliphatic rings. The molecule has 28 heavy (non-hydrogen) atoms. The van der Waals surface area contributed by atoms with Gasteiger partial charge in [0.1, 0.15) is 0 Å². The maximum Gasteiger partial charge on any atom is 0.255 e. The highest BCUT2D eigenvalue weighted by Gasteiger charge is 2.17. The van der Waals surface area contributed by atoms with E-state index in [9.17, 15) is 4.79 Å². The molecule has 0 aliphatic heterocycles. The van der Waals surface area contributed by atoms with Gasteiger partial charge in [-0.05, 0) is 63.5 Å². The van der Waals surface area contributed by atoms with E-state index in [-0.39, 0.29) is 5.91 Å². The number of aromatic nitrogens is 1. The van der Waals surface area contributed by atoms with Gasteiger partial charge in [-0.2, -0.15) is 0 Å². The number of rotatable bonds is 8. The molecule has 0 aliphatic carbocycles. The average molecular weight is 374 g/mol. The molecule has 0 saturated carbocycles. The summed E-state index contributed by atoms with van der Waals surface area (Å²) in [6.45, 7) is 1.77. The summed E-state index contributed by atoms with van der Waals surface area (Å²) in [5, 5.41) is 3.02. The van der Waals surface area contributed by atoms with Crippen LogP contribution in [0.3, 0.4) is 0 Å². The first-order valence-corrected chi connectivity index (χ1v) is 9.44. The van der Waals surface area contributed by atoms with Gasteiger partial charge in [-0.3, -0.25) is 4.79 Å². The number of pyridine rings is 1. The first-order valence-electron chi connectivity index (χ1n) is 9.44. The van der Waals surface area contributed by atoms with E-state index in [1.807, 2.05) is 48.5 Å². The molecule has 1 N–H and O–H groups in total. The predicted molar refractivity (Wildman–Crippen MR) is 115 cm³/mol. The van der Waals surface area contributed by atoms with E-state index < -0.39 is 0 Å². The van der Waals surface area contributed by atoms with E-state index in [4.69, 9.17) is 0 Å². The van der Waals surface area contributed by atoms with Crippen molar-refractivity contribution in [1.29, 1.82) is 0 Å². The Morgan fingerprint density at radius 3 is 2.25 bits per heavy atom. The maximum atomic E-state index is 12.7. The molecule has 0 bridgehead atoms. The number of anilines is 3. The number of hydrogen-bond acceptors (Lipinski definition) is 4. The monoisotopic (exact) mass is 374 g/mol. The molecule has 0 saturated heterocycles. The third-order valence-electron chi connectivity index (χ3n) is 4.38. The molecule has 2 aromatic carbocycles. The molecule has 0 unspecified atom stereocenters. The summed E-state index contributed by atoms with van der Waals surface area (Å²) in [7, 11) is 4.14. The lowest BCUT2D eigenvalue weighted by Gasteiger charge is -2.26. The topological polar surface area (TPSA) is 48.5 Å². The van der Waals surface area contributed by atoms with Gasteiger partial charge >= 0.3 is 0 Å². The summed E-state index contributed by atoms with van der Waals surface area (Å²) in [6.07, 6.45) is 2.74. The van der Waals surface area contributed by atoms with Crippen LogP contribution in [-0.2, 0) is 0 Å². The summed E-state index contributed by atoms with van der Waals surface area (Å²) in [5.74, 6) is 0.605. The van der Waals surface area contributed by atoms with Gasteiger partial charge in [-0.25, -0.2) is 4.98 Å². The molecule has 144 valence electrons. The lowest BCUT2D eigenvalue weighted by atomic mass is 10.2. The number of nitrogens with zero attached hydrogens (tertiary/aromatic N) is 3. The highest BCUT2D eigenvalue weighted by molar-refractivity contribution is 6.05. The van der Waals surface area contributed by atoms with E-state index in [0.717, 1.165) is 31.0 Å². The van der Waals surface area contributed by atoms with E-state index in [2.05, 4.69) is 46.3 Å². The quantitative estimate of drug-likeness (QED) is 0.634.